The first-order valence-corrected chi connectivity index (χ1v) is 7.24. The van der Waals surface area contributed by atoms with Crippen LogP contribution in [0.1, 0.15) is 37.8 Å². The van der Waals surface area contributed by atoms with Gasteiger partial charge in [-0.2, -0.15) is 0 Å². The van der Waals surface area contributed by atoms with Gasteiger partial charge in [-0.1, -0.05) is 18.1 Å². The molecule has 6 nitrogen and oxygen atoms in total. The second kappa shape index (κ2) is 6.03. The van der Waals surface area contributed by atoms with Gasteiger partial charge in [0.15, 0.2) is 11.5 Å². The van der Waals surface area contributed by atoms with Crippen molar-refractivity contribution in [2.75, 3.05) is 18.5 Å². The molecule has 1 aliphatic rings. The molecule has 0 amide bonds. The van der Waals surface area contributed by atoms with Gasteiger partial charge in [0, 0.05) is 6.42 Å². The molecule has 1 aliphatic heterocycles. The molecule has 0 saturated carbocycles. The third kappa shape index (κ3) is 3.09. The van der Waals surface area contributed by atoms with Gasteiger partial charge in [0.1, 0.15) is 13.2 Å². The number of hydrogen-bond acceptors (Lipinski definition) is 6. The average Bonchev–Trinajstić information content (AvgIpc) is 2.94. The highest BCUT2D eigenvalue weighted by Crippen LogP contribution is 2.33. The quantitative estimate of drug-likeness (QED) is 0.912. The molecule has 2 aromatic rings. The summed E-state index contributed by atoms with van der Waals surface area (Å²) in [4.78, 5) is 0. The minimum absolute atomic E-state index is 0.0377. The number of aromatic nitrogens is 2. The summed E-state index contributed by atoms with van der Waals surface area (Å²) in [6.07, 6.45) is 1.78. The predicted molar refractivity (Wildman–Crippen MR) is 77.8 cm³/mol. The first-order chi connectivity index (χ1) is 10.3. The van der Waals surface area contributed by atoms with Crippen LogP contribution in [-0.4, -0.2) is 23.4 Å². The summed E-state index contributed by atoms with van der Waals surface area (Å²) in [5, 5.41) is 11.2. The lowest BCUT2D eigenvalue weighted by Gasteiger charge is -2.20. The molecule has 0 radical (unpaired) electrons. The first-order valence-electron chi connectivity index (χ1n) is 7.24. The van der Waals surface area contributed by atoms with Crippen LogP contribution in [0.2, 0.25) is 0 Å². The zero-order chi connectivity index (χ0) is 14.7. The fraction of sp³-hybridized carbons (Fsp3) is 0.467. The fourth-order valence-corrected chi connectivity index (χ4v) is 2.22. The van der Waals surface area contributed by atoms with Gasteiger partial charge in [-0.15, -0.1) is 5.10 Å². The van der Waals surface area contributed by atoms with Gasteiger partial charge in [0.2, 0.25) is 5.89 Å². The summed E-state index contributed by atoms with van der Waals surface area (Å²) in [5.74, 6) is 2.24. The Kier molecular flexibility index (Phi) is 3.94. The number of fused-ring (bicyclic) bond motifs is 1. The van der Waals surface area contributed by atoms with Gasteiger partial charge in [-0.05, 0) is 31.0 Å². The van der Waals surface area contributed by atoms with Crippen molar-refractivity contribution < 1.29 is 13.9 Å². The van der Waals surface area contributed by atoms with Crippen LogP contribution < -0.4 is 14.8 Å². The summed E-state index contributed by atoms with van der Waals surface area (Å²) < 4.78 is 16.7. The van der Waals surface area contributed by atoms with E-state index in [1.807, 2.05) is 25.1 Å². The summed E-state index contributed by atoms with van der Waals surface area (Å²) in [5.41, 5.74) is 1.08. The van der Waals surface area contributed by atoms with Gasteiger partial charge in [0.05, 0.1) is 6.04 Å². The highest BCUT2D eigenvalue weighted by molar-refractivity contribution is 5.45. The number of nitrogens with zero attached hydrogens (tertiary/aromatic N) is 2. The normalized spacial score (nSPS) is 14.8. The van der Waals surface area contributed by atoms with Crippen LogP contribution in [-0.2, 0) is 6.42 Å². The van der Waals surface area contributed by atoms with E-state index in [-0.39, 0.29) is 6.04 Å². The lowest BCUT2D eigenvalue weighted by Crippen LogP contribution is -2.16. The topological polar surface area (TPSA) is 69.4 Å². The Morgan fingerprint density at radius 2 is 2.00 bits per heavy atom. The molecule has 1 aromatic heterocycles. The Morgan fingerprint density at radius 1 is 1.19 bits per heavy atom. The molecule has 1 aromatic carbocycles. The van der Waals surface area contributed by atoms with E-state index >= 15 is 0 Å². The molecule has 0 spiro atoms. The third-order valence-electron chi connectivity index (χ3n) is 3.34. The molecule has 2 heterocycles. The Labute approximate surface area is 123 Å². The maximum atomic E-state index is 5.60. The fourth-order valence-electron chi connectivity index (χ4n) is 2.22. The molecular weight excluding hydrogens is 270 g/mol. The number of rotatable bonds is 5. The van der Waals surface area contributed by atoms with Crippen molar-refractivity contribution in [2.45, 2.75) is 32.7 Å². The van der Waals surface area contributed by atoms with Gasteiger partial charge in [-0.3, -0.25) is 0 Å². The van der Waals surface area contributed by atoms with Crippen LogP contribution in [0, 0.1) is 0 Å². The second-order valence-corrected chi connectivity index (χ2v) is 5.02. The Hall–Kier alpha value is -2.24. The van der Waals surface area contributed by atoms with Crippen LogP contribution in [0.25, 0.3) is 0 Å². The Bertz CT molecular complexity index is 612. The molecule has 0 bridgehead atoms. The maximum Gasteiger partial charge on any atom is 0.315 e. The second-order valence-electron chi connectivity index (χ2n) is 5.02. The molecule has 0 unspecified atom stereocenters. The summed E-state index contributed by atoms with van der Waals surface area (Å²) in [6, 6.07) is 6.40. The van der Waals surface area contributed by atoms with E-state index in [4.69, 9.17) is 13.9 Å². The van der Waals surface area contributed by atoms with Crippen molar-refractivity contribution in [3.8, 4) is 11.5 Å². The molecule has 1 N–H and O–H groups in total. The number of benzene rings is 1. The summed E-state index contributed by atoms with van der Waals surface area (Å²) in [7, 11) is 0. The first kappa shape index (κ1) is 13.7. The van der Waals surface area contributed by atoms with Crippen LogP contribution in [0.5, 0.6) is 11.5 Å². The number of ether oxygens (including phenoxy) is 2. The molecule has 1 atom stereocenters. The van der Waals surface area contributed by atoms with Gasteiger partial charge in [0.25, 0.3) is 0 Å². The van der Waals surface area contributed by atoms with Crippen molar-refractivity contribution in [2.24, 2.45) is 0 Å². The van der Waals surface area contributed by atoms with Crippen LogP contribution in [0.4, 0.5) is 6.01 Å². The molecule has 112 valence electrons. The summed E-state index contributed by atoms with van der Waals surface area (Å²) in [6.45, 7) is 5.30. The number of anilines is 1. The van der Waals surface area contributed by atoms with E-state index < -0.39 is 0 Å². The molecule has 0 aliphatic carbocycles. The van der Waals surface area contributed by atoms with E-state index in [1.165, 1.54) is 0 Å². The van der Waals surface area contributed by atoms with Crippen LogP contribution in [0.3, 0.4) is 0 Å². The molecule has 21 heavy (non-hydrogen) atoms. The SMILES string of the molecule is CCCc1nnc(N[C@H](C)c2ccc3c(c2)OCCO3)o1. The lowest BCUT2D eigenvalue weighted by molar-refractivity contribution is 0.171. The van der Waals surface area contributed by atoms with E-state index in [2.05, 4.69) is 22.4 Å². The smallest absolute Gasteiger partial charge is 0.315 e. The molecule has 0 saturated heterocycles. The maximum absolute atomic E-state index is 5.60. The molecule has 6 heteroatoms. The molecule has 3 rings (SSSR count). The Balaban J connectivity index is 1.70. The largest absolute Gasteiger partial charge is 0.486 e. The van der Waals surface area contributed by atoms with E-state index in [1.54, 1.807) is 0 Å². The highest BCUT2D eigenvalue weighted by Gasteiger charge is 2.16. The highest BCUT2D eigenvalue weighted by atomic mass is 16.6. The number of hydrogen-bond donors (Lipinski definition) is 1. The van der Waals surface area contributed by atoms with Crippen LogP contribution >= 0.6 is 0 Å². The van der Waals surface area contributed by atoms with E-state index in [0.29, 0.717) is 25.1 Å². The van der Waals surface area contributed by atoms with Crippen molar-refractivity contribution in [3.05, 3.63) is 29.7 Å². The Morgan fingerprint density at radius 3 is 2.81 bits per heavy atom. The van der Waals surface area contributed by atoms with Crippen molar-refractivity contribution in [3.63, 3.8) is 0 Å². The zero-order valence-corrected chi connectivity index (χ0v) is 12.3. The molecular formula is C15H19N3O3. The van der Waals surface area contributed by atoms with Crippen molar-refractivity contribution in [1.29, 1.82) is 0 Å². The third-order valence-corrected chi connectivity index (χ3v) is 3.34. The van der Waals surface area contributed by atoms with Gasteiger partial charge >= 0.3 is 6.01 Å². The monoisotopic (exact) mass is 289 g/mol. The number of nitrogens with one attached hydrogen (secondary N) is 1. The predicted octanol–water partition coefficient (Wildman–Crippen LogP) is 2.97. The minimum Gasteiger partial charge on any atom is -0.486 e. The average molecular weight is 289 g/mol. The lowest BCUT2D eigenvalue weighted by atomic mass is 10.1. The van der Waals surface area contributed by atoms with Crippen molar-refractivity contribution >= 4 is 6.01 Å². The zero-order valence-electron chi connectivity index (χ0n) is 12.3. The van der Waals surface area contributed by atoms with Gasteiger partial charge < -0.3 is 19.2 Å². The standard InChI is InChI=1S/C15H19N3O3/c1-3-4-14-17-18-15(21-14)16-10(2)11-5-6-12-13(9-11)20-8-7-19-12/h5-6,9-10H,3-4,7-8H2,1-2H3,(H,16,18)/t10-/m1/s1. The van der Waals surface area contributed by atoms with Gasteiger partial charge in [-0.25, -0.2) is 0 Å². The summed E-state index contributed by atoms with van der Waals surface area (Å²) >= 11 is 0. The number of aryl methyl sites for hydroxylation is 1. The molecule has 0 fully saturated rings. The van der Waals surface area contributed by atoms with E-state index in [9.17, 15) is 0 Å². The van der Waals surface area contributed by atoms with Crippen LogP contribution in [0.15, 0.2) is 22.6 Å². The van der Waals surface area contributed by atoms with Crippen molar-refractivity contribution in [1.82, 2.24) is 10.2 Å². The minimum atomic E-state index is 0.0377. The van der Waals surface area contributed by atoms with E-state index in [0.717, 1.165) is 29.9 Å².